The summed E-state index contributed by atoms with van der Waals surface area (Å²) >= 11 is 0. The standard InChI is InChI=1S/C17H26N4O3/c1-24-11-3-9-21-15-6-10-19(12-14(15)4-5-16(21)22)17(23)13-20-8-2-7-18-20/h2,7-8,14-15H,3-6,9-13H2,1H3. The number of hydrogen-bond donors (Lipinski definition) is 0. The van der Waals surface area contributed by atoms with Crippen molar-refractivity contribution in [3.05, 3.63) is 18.5 Å². The molecule has 132 valence electrons. The number of nitrogens with zero attached hydrogens (tertiary/aromatic N) is 4. The number of methoxy groups -OCH3 is 1. The second-order valence-corrected chi connectivity index (χ2v) is 6.63. The Morgan fingerprint density at radius 1 is 1.42 bits per heavy atom. The number of likely N-dealkylation sites (tertiary alicyclic amines) is 2. The van der Waals surface area contributed by atoms with Crippen LogP contribution >= 0.6 is 0 Å². The average Bonchev–Trinajstić information content (AvgIpc) is 3.09. The highest BCUT2D eigenvalue weighted by atomic mass is 16.5. The van der Waals surface area contributed by atoms with Crippen molar-refractivity contribution in [2.45, 2.75) is 38.3 Å². The van der Waals surface area contributed by atoms with E-state index in [0.717, 1.165) is 38.9 Å². The van der Waals surface area contributed by atoms with Gasteiger partial charge in [0, 0.05) is 58.2 Å². The summed E-state index contributed by atoms with van der Waals surface area (Å²) in [6.45, 7) is 3.19. The largest absolute Gasteiger partial charge is 0.385 e. The van der Waals surface area contributed by atoms with Gasteiger partial charge in [0.05, 0.1) is 0 Å². The maximum Gasteiger partial charge on any atom is 0.244 e. The fourth-order valence-corrected chi connectivity index (χ4v) is 3.88. The Morgan fingerprint density at radius 2 is 2.29 bits per heavy atom. The van der Waals surface area contributed by atoms with E-state index in [9.17, 15) is 9.59 Å². The molecule has 1 aromatic rings. The lowest BCUT2D eigenvalue weighted by Crippen LogP contribution is -2.57. The van der Waals surface area contributed by atoms with Crippen LogP contribution in [0, 0.1) is 5.92 Å². The molecule has 7 heteroatoms. The zero-order valence-electron chi connectivity index (χ0n) is 14.3. The first-order valence-corrected chi connectivity index (χ1v) is 8.72. The molecule has 2 unspecified atom stereocenters. The van der Waals surface area contributed by atoms with Gasteiger partial charge in [-0.25, -0.2) is 0 Å². The third-order valence-corrected chi connectivity index (χ3v) is 5.10. The van der Waals surface area contributed by atoms with Crippen molar-refractivity contribution in [2.24, 2.45) is 5.92 Å². The molecule has 24 heavy (non-hydrogen) atoms. The topological polar surface area (TPSA) is 67.7 Å². The molecular formula is C17H26N4O3. The van der Waals surface area contributed by atoms with Crippen LogP contribution in [-0.4, -0.2) is 70.8 Å². The van der Waals surface area contributed by atoms with Crippen LogP contribution in [0.1, 0.15) is 25.7 Å². The van der Waals surface area contributed by atoms with Crippen molar-refractivity contribution in [1.29, 1.82) is 0 Å². The fraction of sp³-hybridized carbons (Fsp3) is 0.706. The monoisotopic (exact) mass is 334 g/mol. The van der Waals surface area contributed by atoms with Crippen LogP contribution in [-0.2, 0) is 20.9 Å². The molecule has 0 saturated carbocycles. The van der Waals surface area contributed by atoms with Gasteiger partial charge in [0.25, 0.3) is 0 Å². The summed E-state index contributed by atoms with van der Waals surface area (Å²) in [5.41, 5.74) is 0. The number of amides is 2. The van der Waals surface area contributed by atoms with E-state index in [-0.39, 0.29) is 17.9 Å². The summed E-state index contributed by atoms with van der Waals surface area (Å²) in [5.74, 6) is 0.754. The van der Waals surface area contributed by atoms with Gasteiger partial charge in [-0.2, -0.15) is 5.10 Å². The summed E-state index contributed by atoms with van der Waals surface area (Å²) in [4.78, 5) is 28.7. The Bertz CT molecular complexity index is 560. The second-order valence-electron chi connectivity index (χ2n) is 6.63. The molecule has 1 aromatic heterocycles. The third kappa shape index (κ3) is 3.77. The van der Waals surface area contributed by atoms with Crippen molar-refractivity contribution < 1.29 is 14.3 Å². The number of carbonyl (C=O) groups excluding carboxylic acids is 2. The summed E-state index contributed by atoms with van der Waals surface area (Å²) in [5, 5.41) is 4.10. The van der Waals surface area contributed by atoms with Crippen molar-refractivity contribution in [3.8, 4) is 0 Å². The van der Waals surface area contributed by atoms with E-state index in [1.54, 1.807) is 18.0 Å². The molecule has 0 aromatic carbocycles. The van der Waals surface area contributed by atoms with Gasteiger partial charge in [-0.3, -0.25) is 14.3 Å². The third-order valence-electron chi connectivity index (χ3n) is 5.10. The number of aromatic nitrogens is 2. The van der Waals surface area contributed by atoms with Crippen LogP contribution in [0.4, 0.5) is 0 Å². The van der Waals surface area contributed by atoms with Gasteiger partial charge in [-0.15, -0.1) is 0 Å². The number of fused-ring (bicyclic) bond motifs is 1. The fourth-order valence-electron chi connectivity index (χ4n) is 3.88. The maximum atomic E-state index is 12.5. The zero-order chi connectivity index (χ0) is 16.9. The summed E-state index contributed by atoms with van der Waals surface area (Å²) < 4.78 is 6.77. The molecular weight excluding hydrogens is 308 g/mol. The first-order chi connectivity index (χ1) is 11.7. The Balaban J connectivity index is 1.57. The number of carbonyl (C=O) groups is 2. The Labute approximate surface area is 142 Å². The molecule has 0 radical (unpaired) electrons. The van der Waals surface area contributed by atoms with Crippen LogP contribution in [0.2, 0.25) is 0 Å². The first-order valence-electron chi connectivity index (χ1n) is 8.72. The van der Waals surface area contributed by atoms with E-state index in [1.165, 1.54) is 0 Å². The van der Waals surface area contributed by atoms with E-state index >= 15 is 0 Å². The van der Waals surface area contributed by atoms with Gasteiger partial charge in [0.2, 0.25) is 11.8 Å². The SMILES string of the molecule is COCCCN1C(=O)CCC2CN(C(=O)Cn3cccn3)CCC21. The lowest BCUT2D eigenvalue weighted by molar-refractivity contribution is -0.144. The van der Waals surface area contributed by atoms with Gasteiger partial charge in [-0.1, -0.05) is 0 Å². The summed E-state index contributed by atoms with van der Waals surface area (Å²) in [7, 11) is 1.69. The van der Waals surface area contributed by atoms with Crippen molar-refractivity contribution in [1.82, 2.24) is 19.6 Å². The van der Waals surface area contributed by atoms with Crippen LogP contribution in [0.5, 0.6) is 0 Å². The minimum atomic E-state index is 0.111. The van der Waals surface area contributed by atoms with Crippen molar-refractivity contribution in [3.63, 3.8) is 0 Å². The highest BCUT2D eigenvalue weighted by Crippen LogP contribution is 2.31. The smallest absolute Gasteiger partial charge is 0.244 e. The van der Waals surface area contributed by atoms with Gasteiger partial charge in [0.15, 0.2) is 0 Å². The average molecular weight is 334 g/mol. The molecule has 7 nitrogen and oxygen atoms in total. The minimum Gasteiger partial charge on any atom is -0.385 e. The molecule has 2 amide bonds. The van der Waals surface area contributed by atoms with Gasteiger partial charge in [0.1, 0.15) is 6.54 Å². The Hall–Kier alpha value is -1.89. The van der Waals surface area contributed by atoms with E-state index in [4.69, 9.17) is 4.74 Å². The molecule has 3 rings (SSSR count). The Morgan fingerprint density at radius 3 is 3.04 bits per heavy atom. The molecule has 3 heterocycles. The second kappa shape index (κ2) is 7.79. The molecule has 2 atom stereocenters. The highest BCUT2D eigenvalue weighted by Gasteiger charge is 2.39. The molecule has 0 aliphatic carbocycles. The number of piperidine rings is 2. The molecule has 0 spiro atoms. The molecule has 2 aliphatic rings. The summed E-state index contributed by atoms with van der Waals surface area (Å²) in [6.07, 6.45) is 6.71. The van der Waals surface area contributed by atoms with Crippen LogP contribution in [0.3, 0.4) is 0 Å². The predicted octanol–water partition coefficient (Wildman–Crippen LogP) is 0.759. The first kappa shape index (κ1) is 17.0. The van der Waals surface area contributed by atoms with Crippen molar-refractivity contribution >= 4 is 11.8 Å². The summed E-state index contributed by atoms with van der Waals surface area (Å²) in [6, 6.07) is 2.10. The van der Waals surface area contributed by atoms with Crippen LogP contribution in [0.25, 0.3) is 0 Å². The van der Waals surface area contributed by atoms with Gasteiger partial charge in [-0.05, 0) is 31.2 Å². The highest BCUT2D eigenvalue weighted by molar-refractivity contribution is 5.78. The van der Waals surface area contributed by atoms with Gasteiger partial charge >= 0.3 is 0 Å². The normalized spacial score (nSPS) is 24.1. The molecule has 0 bridgehead atoms. The van der Waals surface area contributed by atoms with Crippen LogP contribution < -0.4 is 0 Å². The van der Waals surface area contributed by atoms with E-state index in [2.05, 4.69) is 5.10 Å². The zero-order valence-corrected chi connectivity index (χ0v) is 14.3. The molecule has 2 aliphatic heterocycles. The van der Waals surface area contributed by atoms with Gasteiger partial charge < -0.3 is 14.5 Å². The van der Waals surface area contributed by atoms with E-state index < -0.39 is 0 Å². The van der Waals surface area contributed by atoms with E-state index in [0.29, 0.717) is 25.5 Å². The molecule has 2 fully saturated rings. The predicted molar refractivity (Wildman–Crippen MR) is 88.1 cm³/mol. The maximum absolute atomic E-state index is 12.5. The number of ether oxygens (including phenoxy) is 1. The Kier molecular flexibility index (Phi) is 5.50. The number of rotatable bonds is 6. The van der Waals surface area contributed by atoms with Crippen molar-refractivity contribution in [2.75, 3.05) is 33.4 Å². The minimum absolute atomic E-state index is 0.111. The quantitative estimate of drug-likeness (QED) is 0.720. The number of hydrogen-bond acceptors (Lipinski definition) is 4. The van der Waals surface area contributed by atoms with Crippen LogP contribution in [0.15, 0.2) is 18.5 Å². The van der Waals surface area contributed by atoms with E-state index in [1.807, 2.05) is 22.1 Å². The lowest BCUT2D eigenvalue weighted by atomic mass is 9.83. The molecule has 0 N–H and O–H groups in total. The lowest BCUT2D eigenvalue weighted by Gasteiger charge is -2.47. The molecule has 2 saturated heterocycles.